The van der Waals surface area contributed by atoms with Crippen LogP contribution >= 0.6 is 0 Å². The van der Waals surface area contributed by atoms with Crippen molar-refractivity contribution >= 4 is 88.2 Å². The minimum Gasteiger partial charge on any atom is -0.481 e. The van der Waals surface area contributed by atoms with Crippen LogP contribution in [0.1, 0.15) is 158 Å². The van der Waals surface area contributed by atoms with Crippen LogP contribution in [0.4, 0.5) is 0 Å². The first-order valence-electron chi connectivity index (χ1n) is 28.6. The first-order valence-corrected chi connectivity index (χ1v) is 28.6. The molecule has 6 amide bonds. The molecular weight excluding hydrogens is 1100 g/mol. The highest BCUT2D eigenvalue weighted by Crippen LogP contribution is 2.25. The number of ketones is 5. The molecule has 29 nitrogen and oxygen atoms in total. The molecule has 0 aromatic heterocycles. The van der Waals surface area contributed by atoms with E-state index in [1.165, 1.54) is 13.8 Å². The first-order chi connectivity index (χ1) is 39.3. The van der Waals surface area contributed by atoms with Crippen molar-refractivity contribution in [1.29, 1.82) is 0 Å². The SMILES string of the molecule is CC[C@H](C)[C@H](CC(=O)[C@H](C)NC(=O)[C@@H](CC(=O)[C@H](CC(=O)O)NC(=O)[C@H](C)CC(=O)[C@H](CO)NC(=O)[C@H](CCCN=C(N)N)CC(=O)[C@H](CCCN=C(N)N)NC(=O)[C@H](CCCCN)CC(=O)[C@H](CCC(=O)O)NC(C)=O)[C@@H](C)CC)C(N)=O. The third-order valence-electron chi connectivity index (χ3n) is 14.7. The third-order valence-corrected chi connectivity index (χ3v) is 14.7. The standard InChI is InChI=1S/C55H95N13O16/c1-8-29(3)36(49(57)80)25-42(71)32(6)64-53(84)37(30(4)9-2)26-46(75)40(27-48(78)79)67-50(81)31(5)22-43(72)41(28-69)68-52(83)35(15-12-20-62-54(58)59)24-44(73)38(16-13-21-63-55(60)61)66-51(82)34(14-10-11-19-56)23-45(74)39(65-33(7)70)17-18-47(76)77/h29-32,34-41,69H,8-28,56H2,1-7H3,(H2,57,80)(H,64,84)(H,65,70)(H,66,82)(H,67,81)(H,68,83)(H,76,77)(H,78,79)(H4,58,59,62)(H4,60,61,63)/t29-,30-,31+,32-,34+,35+,36-,37-,38-,39-,40-,41-/m0/s1. The van der Waals surface area contributed by atoms with E-state index < -0.39 is 187 Å². The summed E-state index contributed by atoms with van der Waals surface area (Å²) in [5, 5.41) is 41.9. The Hall–Kier alpha value is -7.43. The van der Waals surface area contributed by atoms with Gasteiger partial charge in [-0.25, -0.2) is 0 Å². The highest BCUT2D eigenvalue weighted by Gasteiger charge is 2.37. The lowest BCUT2D eigenvalue weighted by atomic mass is 9.84. The Morgan fingerprint density at radius 1 is 0.464 bits per heavy atom. The van der Waals surface area contributed by atoms with Crippen LogP contribution in [-0.4, -0.2) is 160 Å². The number of primary amides is 1. The number of carbonyl (C=O) groups excluding carboxylic acids is 11. The van der Waals surface area contributed by atoms with Gasteiger partial charge in [-0.05, 0) is 70.3 Å². The van der Waals surface area contributed by atoms with E-state index in [9.17, 15) is 77.6 Å². The summed E-state index contributed by atoms with van der Waals surface area (Å²) >= 11 is 0. The zero-order chi connectivity index (χ0) is 64.4. The second kappa shape index (κ2) is 40.7. The summed E-state index contributed by atoms with van der Waals surface area (Å²) in [5.41, 5.74) is 33.2. The summed E-state index contributed by atoms with van der Waals surface area (Å²) < 4.78 is 0. The Morgan fingerprint density at radius 2 is 0.917 bits per heavy atom. The molecular formula is C55H95N13O16. The molecule has 84 heavy (non-hydrogen) atoms. The smallest absolute Gasteiger partial charge is 0.305 e. The number of carboxylic acids is 2. The number of nitrogens with one attached hydrogen (secondary N) is 5. The molecule has 0 aromatic carbocycles. The number of carboxylic acid groups (broad SMARTS) is 2. The van der Waals surface area contributed by atoms with Crippen molar-refractivity contribution in [2.45, 2.75) is 188 Å². The second-order valence-electron chi connectivity index (χ2n) is 21.6. The number of aliphatic carboxylic acids is 2. The molecule has 0 spiro atoms. The third kappa shape index (κ3) is 30.7. The van der Waals surface area contributed by atoms with Gasteiger partial charge in [-0.2, -0.15) is 0 Å². The van der Waals surface area contributed by atoms with Crippen LogP contribution in [0.15, 0.2) is 9.98 Å². The highest BCUT2D eigenvalue weighted by molar-refractivity contribution is 5.99. The molecule has 0 radical (unpaired) electrons. The van der Waals surface area contributed by atoms with E-state index in [-0.39, 0.29) is 82.4 Å². The van der Waals surface area contributed by atoms with E-state index in [0.29, 0.717) is 25.7 Å². The molecule has 12 atom stereocenters. The van der Waals surface area contributed by atoms with Crippen molar-refractivity contribution in [3.63, 3.8) is 0 Å². The van der Waals surface area contributed by atoms with Gasteiger partial charge in [0.25, 0.3) is 0 Å². The van der Waals surface area contributed by atoms with E-state index in [2.05, 4.69) is 36.6 Å². The van der Waals surface area contributed by atoms with Crippen LogP contribution in [-0.2, 0) is 62.3 Å². The normalized spacial score (nSPS) is 15.4. The fourth-order valence-electron chi connectivity index (χ4n) is 9.08. The minimum absolute atomic E-state index is 0.00579. The maximum absolute atomic E-state index is 14.3. The van der Waals surface area contributed by atoms with Crippen LogP contribution < -0.4 is 61.0 Å². The zero-order valence-electron chi connectivity index (χ0n) is 49.8. The lowest BCUT2D eigenvalue weighted by Gasteiger charge is -2.27. The highest BCUT2D eigenvalue weighted by atomic mass is 16.4. The van der Waals surface area contributed by atoms with Gasteiger partial charge < -0.3 is 76.3 Å². The van der Waals surface area contributed by atoms with Gasteiger partial charge in [0.1, 0.15) is 6.04 Å². The molecule has 20 N–H and O–H groups in total. The number of Topliss-reactive ketones (excluding diaryl/α,β-unsaturated/α-hetero) is 5. The fourth-order valence-corrected chi connectivity index (χ4v) is 9.08. The van der Waals surface area contributed by atoms with E-state index >= 15 is 0 Å². The molecule has 0 unspecified atom stereocenters. The lowest BCUT2D eigenvalue weighted by Crippen LogP contribution is -2.50. The molecule has 0 aliphatic heterocycles. The Morgan fingerprint density at radius 3 is 1.38 bits per heavy atom. The number of aliphatic imine (C=N–C) groups is 2. The Balaban J connectivity index is 6.67. The molecule has 0 saturated heterocycles. The largest absolute Gasteiger partial charge is 0.481 e. The van der Waals surface area contributed by atoms with Gasteiger partial charge >= 0.3 is 11.9 Å². The number of unbranched alkanes of at least 4 members (excludes halogenated alkanes) is 1. The molecule has 29 heteroatoms. The molecule has 0 aromatic rings. The molecule has 0 aliphatic rings. The van der Waals surface area contributed by atoms with E-state index in [0.717, 1.165) is 6.92 Å². The van der Waals surface area contributed by atoms with Gasteiger partial charge in [0.05, 0.1) is 37.2 Å². The van der Waals surface area contributed by atoms with Gasteiger partial charge in [0.15, 0.2) is 40.8 Å². The summed E-state index contributed by atoms with van der Waals surface area (Å²) in [6, 6.07) is -6.99. The van der Waals surface area contributed by atoms with Crippen LogP contribution in [0.5, 0.6) is 0 Å². The zero-order valence-corrected chi connectivity index (χ0v) is 49.8. The Labute approximate surface area is 491 Å². The number of hydrogen-bond acceptors (Lipinski definition) is 17. The number of aliphatic hydroxyl groups excluding tert-OH is 1. The van der Waals surface area contributed by atoms with Gasteiger partial charge in [0.2, 0.25) is 35.4 Å². The molecule has 0 bridgehead atoms. The Kier molecular flexibility index (Phi) is 37.1. The van der Waals surface area contributed by atoms with E-state index in [1.807, 2.05) is 6.92 Å². The van der Waals surface area contributed by atoms with Crippen LogP contribution in [0.3, 0.4) is 0 Å². The summed E-state index contributed by atoms with van der Waals surface area (Å²) in [7, 11) is 0. The maximum atomic E-state index is 14.3. The second-order valence-corrected chi connectivity index (χ2v) is 21.6. The lowest BCUT2D eigenvalue weighted by molar-refractivity contribution is -0.141. The van der Waals surface area contributed by atoms with Gasteiger partial charge in [-0.1, -0.05) is 53.9 Å². The van der Waals surface area contributed by atoms with Crippen molar-refractivity contribution in [3.8, 4) is 0 Å². The monoisotopic (exact) mass is 1190 g/mol. The van der Waals surface area contributed by atoms with E-state index in [1.54, 1.807) is 20.8 Å². The number of guanidine groups is 2. The van der Waals surface area contributed by atoms with Crippen LogP contribution in [0, 0.1) is 41.4 Å². The number of carbonyl (C=O) groups is 13. The Bertz CT molecular complexity index is 2310. The maximum Gasteiger partial charge on any atom is 0.305 e. The number of aliphatic hydroxyl groups is 1. The quantitative estimate of drug-likeness (QED) is 0.0187. The average molecular weight is 1190 g/mol. The van der Waals surface area contributed by atoms with Crippen molar-refractivity contribution in [3.05, 3.63) is 0 Å². The number of hydrogen-bond donors (Lipinski definition) is 14. The predicted molar refractivity (Wildman–Crippen MR) is 309 cm³/mol. The van der Waals surface area contributed by atoms with Gasteiger partial charge in [0, 0.05) is 88.1 Å². The van der Waals surface area contributed by atoms with Crippen molar-refractivity contribution in [2.75, 3.05) is 26.2 Å². The summed E-state index contributed by atoms with van der Waals surface area (Å²) in [4.78, 5) is 179. The van der Waals surface area contributed by atoms with Crippen molar-refractivity contribution in [2.24, 2.45) is 85.8 Å². The molecule has 0 saturated carbocycles. The minimum atomic E-state index is -1.69. The van der Waals surface area contributed by atoms with Crippen LogP contribution in [0.25, 0.3) is 0 Å². The molecule has 0 aliphatic carbocycles. The summed E-state index contributed by atoms with van der Waals surface area (Å²) in [6.45, 7) is 10.1. The first kappa shape index (κ1) is 76.6. The summed E-state index contributed by atoms with van der Waals surface area (Å²) in [5.74, 6) is -17.5. The predicted octanol–water partition coefficient (Wildman–Crippen LogP) is -1.51. The topological polar surface area (TPSA) is 524 Å². The molecule has 0 rings (SSSR count). The van der Waals surface area contributed by atoms with Gasteiger partial charge in [-0.3, -0.25) is 72.3 Å². The molecule has 0 fully saturated rings. The molecule has 0 heterocycles. The van der Waals surface area contributed by atoms with Crippen LogP contribution in [0.2, 0.25) is 0 Å². The average Bonchev–Trinajstić information content (AvgIpc) is 3.63. The number of amides is 6. The van der Waals surface area contributed by atoms with Gasteiger partial charge in [-0.15, -0.1) is 0 Å². The van der Waals surface area contributed by atoms with Crippen molar-refractivity contribution in [1.82, 2.24) is 26.6 Å². The number of nitrogens with two attached hydrogens (primary N) is 6. The number of rotatable bonds is 47. The summed E-state index contributed by atoms with van der Waals surface area (Å²) in [6.07, 6.45) is -2.14. The fraction of sp³-hybridized carbons (Fsp3) is 0.727. The van der Waals surface area contributed by atoms with Crippen molar-refractivity contribution < 1.29 is 77.6 Å². The number of nitrogens with zero attached hydrogens (tertiary/aromatic N) is 2. The van der Waals surface area contributed by atoms with E-state index in [4.69, 9.17) is 34.4 Å². The molecule has 476 valence electrons.